The van der Waals surface area contributed by atoms with Gasteiger partial charge in [0, 0.05) is 6.54 Å². The van der Waals surface area contributed by atoms with E-state index in [4.69, 9.17) is 10.5 Å². The average molecular weight is 262 g/mol. The maximum atomic E-state index is 12.1. The predicted octanol–water partition coefficient (Wildman–Crippen LogP) is 1.75. The summed E-state index contributed by atoms with van der Waals surface area (Å²) in [6, 6.07) is 8.04. The van der Waals surface area contributed by atoms with E-state index in [0.29, 0.717) is 13.2 Å². The van der Waals surface area contributed by atoms with Gasteiger partial charge in [-0.3, -0.25) is 4.79 Å². The zero-order chi connectivity index (χ0) is 13.8. The number of carbonyl (C=O) groups is 1. The van der Waals surface area contributed by atoms with Gasteiger partial charge in [-0.1, -0.05) is 24.3 Å². The number of amides is 1. The van der Waals surface area contributed by atoms with Gasteiger partial charge >= 0.3 is 0 Å². The molecule has 0 spiro atoms. The van der Waals surface area contributed by atoms with E-state index in [-0.39, 0.29) is 24.0 Å². The van der Waals surface area contributed by atoms with Crippen LogP contribution < -0.4 is 11.1 Å². The van der Waals surface area contributed by atoms with Gasteiger partial charge in [-0.15, -0.1) is 0 Å². The zero-order valence-corrected chi connectivity index (χ0v) is 11.6. The second-order valence-electron chi connectivity index (χ2n) is 5.25. The van der Waals surface area contributed by atoms with Crippen LogP contribution in [0.2, 0.25) is 0 Å². The highest BCUT2D eigenvalue weighted by molar-refractivity contribution is 5.79. The van der Waals surface area contributed by atoms with Crippen molar-refractivity contribution in [1.82, 2.24) is 5.32 Å². The second kappa shape index (κ2) is 6.17. The number of rotatable bonds is 4. The molecule has 1 aromatic rings. The van der Waals surface area contributed by atoms with Gasteiger partial charge in [0.15, 0.2) is 0 Å². The molecule has 1 fully saturated rings. The Balaban J connectivity index is 1.92. The summed E-state index contributed by atoms with van der Waals surface area (Å²) in [5, 5.41) is 3.05. The van der Waals surface area contributed by atoms with Crippen LogP contribution in [0.5, 0.6) is 0 Å². The van der Waals surface area contributed by atoms with Crippen LogP contribution in [0.25, 0.3) is 0 Å². The standard InChI is InChI=1S/C15H22N2O2/c1-10-7-14(9-19-10)15(18)17-11(2)13-5-3-12(8-16)4-6-13/h3-6,10-11,14H,7-9,16H2,1-2H3,(H,17,18). The lowest BCUT2D eigenvalue weighted by atomic mass is 10.0. The van der Waals surface area contributed by atoms with Gasteiger partial charge in [-0.25, -0.2) is 0 Å². The van der Waals surface area contributed by atoms with Crippen molar-refractivity contribution < 1.29 is 9.53 Å². The van der Waals surface area contributed by atoms with Crippen LogP contribution in [0.1, 0.15) is 37.4 Å². The Hall–Kier alpha value is -1.39. The van der Waals surface area contributed by atoms with Gasteiger partial charge in [-0.05, 0) is 31.4 Å². The van der Waals surface area contributed by atoms with Crippen molar-refractivity contribution in [2.45, 2.75) is 39.0 Å². The van der Waals surface area contributed by atoms with Crippen molar-refractivity contribution in [2.75, 3.05) is 6.61 Å². The normalized spacial score (nSPS) is 24.2. The van der Waals surface area contributed by atoms with E-state index >= 15 is 0 Å². The largest absolute Gasteiger partial charge is 0.378 e. The first kappa shape index (κ1) is 14.0. The molecule has 0 aromatic heterocycles. The SMILES string of the molecule is CC1CC(C(=O)NC(C)c2ccc(CN)cc2)CO1. The number of hydrogen-bond donors (Lipinski definition) is 2. The number of nitrogens with two attached hydrogens (primary N) is 1. The maximum absolute atomic E-state index is 12.1. The molecular weight excluding hydrogens is 240 g/mol. The van der Waals surface area contributed by atoms with Crippen molar-refractivity contribution in [2.24, 2.45) is 11.7 Å². The summed E-state index contributed by atoms with van der Waals surface area (Å²) in [7, 11) is 0. The lowest BCUT2D eigenvalue weighted by Gasteiger charge is -2.17. The molecule has 1 amide bonds. The highest BCUT2D eigenvalue weighted by atomic mass is 16.5. The summed E-state index contributed by atoms with van der Waals surface area (Å²) >= 11 is 0. The number of hydrogen-bond acceptors (Lipinski definition) is 3. The van der Waals surface area contributed by atoms with Gasteiger partial charge in [-0.2, -0.15) is 0 Å². The second-order valence-corrected chi connectivity index (χ2v) is 5.25. The summed E-state index contributed by atoms with van der Waals surface area (Å²) in [6.45, 7) is 5.07. The minimum absolute atomic E-state index is 0.00947. The number of benzene rings is 1. The Morgan fingerprint density at radius 2 is 2.16 bits per heavy atom. The third kappa shape index (κ3) is 3.55. The smallest absolute Gasteiger partial charge is 0.226 e. The first-order valence-corrected chi connectivity index (χ1v) is 6.81. The average Bonchev–Trinajstić information content (AvgIpc) is 2.85. The molecule has 1 aromatic carbocycles. The van der Waals surface area contributed by atoms with E-state index in [9.17, 15) is 4.79 Å². The van der Waals surface area contributed by atoms with E-state index in [0.717, 1.165) is 17.5 Å². The van der Waals surface area contributed by atoms with Gasteiger partial charge in [0.25, 0.3) is 0 Å². The van der Waals surface area contributed by atoms with E-state index in [1.54, 1.807) is 0 Å². The van der Waals surface area contributed by atoms with Gasteiger partial charge in [0.05, 0.1) is 24.7 Å². The van der Waals surface area contributed by atoms with Crippen molar-refractivity contribution in [3.05, 3.63) is 35.4 Å². The third-order valence-corrected chi connectivity index (χ3v) is 3.64. The lowest BCUT2D eigenvalue weighted by Crippen LogP contribution is -2.33. The molecule has 3 unspecified atom stereocenters. The first-order valence-electron chi connectivity index (χ1n) is 6.81. The Morgan fingerprint density at radius 3 is 2.68 bits per heavy atom. The van der Waals surface area contributed by atoms with Gasteiger partial charge in [0.2, 0.25) is 5.91 Å². The van der Waals surface area contributed by atoms with Gasteiger partial charge < -0.3 is 15.8 Å². The molecule has 4 nitrogen and oxygen atoms in total. The number of carbonyl (C=O) groups excluding carboxylic acids is 1. The molecule has 0 radical (unpaired) electrons. The summed E-state index contributed by atoms with van der Waals surface area (Å²) in [5.74, 6) is 0.0699. The molecule has 1 heterocycles. The monoisotopic (exact) mass is 262 g/mol. The zero-order valence-electron chi connectivity index (χ0n) is 11.6. The molecule has 4 heteroatoms. The van der Waals surface area contributed by atoms with E-state index in [2.05, 4.69) is 5.32 Å². The summed E-state index contributed by atoms with van der Waals surface area (Å²) < 4.78 is 5.43. The van der Waals surface area contributed by atoms with E-state index in [1.165, 1.54) is 0 Å². The Bertz CT molecular complexity index is 430. The van der Waals surface area contributed by atoms with Crippen LogP contribution in [-0.4, -0.2) is 18.6 Å². The molecule has 19 heavy (non-hydrogen) atoms. The molecule has 1 saturated heterocycles. The molecule has 3 atom stereocenters. The molecule has 2 rings (SSSR count). The van der Waals surface area contributed by atoms with E-state index in [1.807, 2.05) is 38.1 Å². The molecule has 1 aliphatic rings. The summed E-state index contributed by atoms with van der Waals surface area (Å²) in [4.78, 5) is 12.1. The lowest BCUT2D eigenvalue weighted by molar-refractivity contribution is -0.125. The quantitative estimate of drug-likeness (QED) is 0.869. The Kier molecular flexibility index (Phi) is 4.56. The van der Waals surface area contributed by atoms with Crippen molar-refractivity contribution in [3.63, 3.8) is 0 Å². The minimum atomic E-state index is -0.0132. The highest BCUT2D eigenvalue weighted by Gasteiger charge is 2.28. The van der Waals surface area contributed by atoms with E-state index < -0.39 is 0 Å². The fourth-order valence-electron chi connectivity index (χ4n) is 2.36. The Morgan fingerprint density at radius 1 is 1.47 bits per heavy atom. The Labute approximate surface area is 114 Å². The van der Waals surface area contributed by atoms with Crippen LogP contribution in [0.3, 0.4) is 0 Å². The fraction of sp³-hybridized carbons (Fsp3) is 0.533. The van der Waals surface area contributed by atoms with Crippen LogP contribution in [-0.2, 0) is 16.1 Å². The highest BCUT2D eigenvalue weighted by Crippen LogP contribution is 2.21. The molecule has 0 saturated carbocycles. The molecular formula is C15H22N2O2. The molecule has 1 aliphatic heterocycles. The molecule has 104 valence electrons. The van der Waals surface area contributed by atoms with Crippen LogP contribution >= 0.6 is 0 Å². The minimum Gasteiger partial charge on any atom is -0.378 e. The van der Waals surface area contributed by atoms with Crippen molar-refractivity contribution in [3.8, 4) is 0 Å². The fourth-order valence-corrected chi connectivity index (χ4v) is 2.36. The van der Waals surface area contributed by atoms with Crippen molar-refractivity contribution >= 4 is 5.91 Å². The summed E-state index contributed by atoms with van der Waals surface area (Å²) in [6.07, 6.45) is 1.000. The molecule has 3 N–H and O–H groups in total. The first-order chi connectivity index (χ1) is 9.10. The summed E-state index contributed by atoms with van der Waals surface area (Å²) in [5.41, 5.74) is 7.76. The maximum Gasteiger partial charge on any atom is 0.226 e. The topological polar surface area (TPSA) is 64.4 Å². The molecule has 0 bridgehead atoms. The number of nitrogens with one attached hydrogen (secondary N) is 1. The molecule has 0 aliphatic carbocycles. The van der Waals surface area contributed by atoms with Crippen LogP contribution in [0.15, 0.2) is 24.3 Å². The third-order valence-electron chi connectivity index (χ3n) is 3.64. The van der Waals surface area contributed by atoms with Gasteiger partial charge in [0.1, 0.15) is 0 Å². The van der Waals surface area contributed by atoms with Crippen LogP contribution in [0.4, 0.5) is 0 Å². The number of ether oxygens (including phenoxy) is 1. The van der Waals surface area contributed by atoms with Crippen molar-refractivity contribution in [1.29, 1.82) is 0 Å². The van der Waals surface area contributed by atoms with Crippen LogP contribution in [0, 0.1) is 5.92 Å². The predicted molar refractivity (Wildman–Crippen MR) is 74.4 cm³/mol.